The van der Waals surface area contributed by atoms with E-state index in [0.29, 0.717) is 0 Å². The summed E-state index contributed by atoms with van der Waals surface area (Å²) >= 11 is 0. The highest BCUT2D eigenvalue weighted by Gasteiger charge is 1.93. The Labute approximate surface area is 75.0 Å². The van der Waals surface area contributed by atoms with Crippen LogP contribution < -0.4 is 5.32 Å². The van der Waals surface area contributed by atoms with Crippen molar-refractivity contribution in [3.05, 3.63) is 11.8 Å². The first-order valence-corrected chi connectivity index (χ1v) is 4.65. The fourth-order valence-electron chi connectivity index (χ4n) is 0.949. The number of nitrogens with one attached hydrogen (secondary N) is 1. The van der Waals surface area contributed by atoms with Crippen LogP contribution in [0, 0.1) is 0 Å². The van der Waals surface area contributed by atoms with E-state index in [2.05, 4.69) is 12.2 Å². The van der Waals surface area contributed by atoms with Gasteiger partial charge in [0, 0.05) is 12.2 Å². The van der Waals surface area contributed by atoms with E-state index >= 15 is 0 Å². The van der Waals surface area contributed by atoms with Crippen LogP contribution in [0.4, 0.5) is 0 Å². The zero-order chi connectivity index (χ0) is 9.40. The van der Waals surface area contributed by atoms with Crippen LogP contribution in [0.2, 0.25) is 0 Å². The average Bonchev–Trinajstić information content (AvgIpc) is 2.02. The van der Waals surface area contributed by atoms with Gasteiger partial charge in [0.2, 0.25) is 0 Å². The maximum Gasteiger partial charge on any atom is 0.154 e. The van der Waals surface area contributed by atoms with Crippen molar-refractivity contribution in [2.75, 3.05) is 6.54 Å². The van der Waals surface area contributed by atoms with Gasteiger partial charge in [-0.15, -0.1) is 0 Å². The van der Waals surface area contributed by atoms with Crippen molar-refractivity contribution in [2.24, 2.45) is 0 Å². The summed E-state index contributed by atoms with van der Waals surface area (Å²) in [4.78, 5) is 10.7. The molecule has 0 rings (SSSR count). The molecule has 70 valence electrons. The third-order valence-electron chi connectivity index (χ3n) is 1.64. The molecule has 2 heteroatoms. The largest absolute Gasteiger partial charge is 0.388 e. The summed E-state index contributed by atoms with van der Waals surface area (Å²) in [6.07, 6.45) is 4.93. The molecule has 1 N–H and O–H groups in total. The molecule has 0 saturated heterocycles. The van der Waals surface area contributed by atoms with E-state index < -0.39 is 0 Å². The lowest BCUT2D eigenvalue weighted by atomic mass is 10.2. The number of rotatable bonds is 6. The van der Waals surface area contributed by atoms with E-state index in [1.807, 2.05) is 6.92 Å². The SMILES string of the molecule is CCCCNC(=CC(C)=O)CC. The monoisotopic (exact) mass is 169 g/mol. The normalized spacial score (nSPS) is 11.4. The van der Waals surface area contributed by atoms with E-state index in [-0.39, 0.29) is 5.78 Å². The van der Waals surface area contributed by atoms with Crippen molar-refractivity contribution in [2.45, 2.75) is 40.0 Å². The molecule has 0 heterocycles. The quantitative estimate of drug-likeness (QED) is 0.488. The molecule has 0 aromatic rings. The molecule has 0 unspecified atom stereocenters. The summed E-state index contributed by atoms with van der Waals surface area (Å²) < 4.78 is 0. The van der Waals surface area contributed by atoms with E-state index in [0.717, 1.165) is 25.1 Å². The number of allylic oxidation sites excluding steroid dienone is 2. The van der Waals surface area contributed by atoms with Crippen molar-refractivity contribution in [1.82, 2.24) is 5.32 Å². The predicted octanol–water partition coefficient (Wildman–Crippen LogP) is 2.26. The zero-order valence-corrected chi connectivity index (χ0v) is 8.31. The maximum absolute atomic E-state index is 10.7. The van der Waals surface area contributed by atoms with Crippen molar-refractivity contribution < 1.29 is 4.79 Å². The van der Waals surface area contributed by atoms with Gasteiger partial charge in [0.1, 0.15) is 0 Å². The van der Waals surface area contributed by atoms with Gasteiger partial charge in [0.15, 0.2) is 5.78 Å². The minimum Gasteiger partial charge on any atom is -0.388 e. The Morgan fingerprint density at radius 1 is 1.42 bits per heavy atom. The van der Waals surface area contributed by atoms with Crippen LogP contribution in [0.3, 0.4) is 0 Å². The third-order valence-corrected chi connectivity index (χ3v) is 1.64. The molecule has 0 bridgehead atoms. The molecule has 0 aliphatic heterocycles. The van der Waals surface area contributed by atoms with Gasteiger partial charge in [0.25, 0.3) is 0 Å². The number of hydrogen-bond acceptors (Lipinski definition) is 2. The predicted molar refractivity (Wildman–Crippen MR) is 52.0 cm³/mol. The molecular weight excluding hydrogens is 150 g/mol. The van der Waals surface area contributed by atoms with E-state index in [1.54, 1.807) is 13.0 Å². The molecule has 0 spiro atoms. The lowest BCUT2D eigenvalue weighted by molar-refractivity contribution is -0.112. The van der Waals surface area contributed by atoms with Crippen molar-refractivity contribution in [1.29, 1.82) is 0 Å². The molecule has 0 fully saturated rings. The standard InChI is InChI=1S/C10H19NO/c1-4-6-7-11-10(5-2)8-9(3)12/h8,11H,4-7H2,1-3H3. The maximum atomic E-state index is 10.7. The van der Waals surface area contributed by atoms with Crippen molar-refractivity contribution in [3.8, 4) is 0 Å². The second-order valence-corrected chi connectivity index (χ2v) is 2.91. The van der Waals surface area contributed by atoms with E-state index in [1.165, 1.54) is 6.42 Å². The molecule has 0 saturated carbocycles. The molecule has 0 aromatic carbocycles. The molecule has 0 atom stereocenters. The summed E-state index contributed by atoms with van der Waals surface area (Å²) in [6.45, 7) is 6.76. The van der Waals surface area contributed by atoms with Gasteiger partial charge in [-0.05, 0) is 25.8 Å². The van der Waals surface area contributed by atoms with E-state index in [9.17, 15) is 4.79 Å². The second-order valence-electron chi connectivity index (χ2n) is 2.91. The minimum atomic E-state index is 0.121. The zero-order valence-electron chi connectivity index (χ0n) is 8.31. The van der Waals surface area contributed by atoms with Gasteiger partial charge in [-0.1, -0.05) is 20.3 Å². The van der Waals surface area contributed by atoms with Crippen LogP contribution in [0.5, 0.6) is 0 Å². The highest BCUT2D eigenvalue weighted by atomic mass is 16.1. The lowest BCUT2D eigenvalue weighted by Crippen LogP contribution is -2.14. The molecule has 0 aliphatic carbocycles. The number of carbonyl (C=O) groups is 1. The Kier molecular flexibility index (Phi) is 6.44. The average molecular weight is 169 g/mol. The number of hydrogen-bond donors (Lipinski definition) is 1. The fourth-order valence-corrected chi connectivity index (χ4v) is 0.949. The Morgan fingerprint density at radius 2 is 2.08 bits per heavy atom. The van der Waals surface area contributed by atoms with Crippen molar-refractivity contribution >= 4 is 5.78 Å². The number of carbonyl (C=O) groups excluding carboxylic acids is 1. The first-order chi connectivity index (χ1) is 5.70. The Bertz CT molecular complexity index is 161. The molecule has 2 nitrogen and oxygen atoms in total. The molecule has 0 aromatic heterocycles. The first kappa shape index (κ1) is 11.2. The summed E-state index contributed by atoms with van der Waals surface area (Å²) in [7, 11) is 0. The van der Waals surface area contributed by atoms with Gasteiger partial charge < -0.3 is 5.32 Å². The fraction of sp³-hybridized carbons (Fsp3) is 0.700. The summed E-state index contributed by atoms with van der Waals surface area (Å²) in [5, 5.41) is 3.24. The first-order valence-electron chi connectivity index (χ1n) is 4.65. The van der Waals surface area contributed by atoms with Crippen LogP contribution in [0.1, 0.15) is 40.0 Å². The summed E-state index contributed by atoms with van der Waals surface area (Å²) in [5.74, 6) is 0.121. The van der Waals surface area contributed by atoms with Gasteiger partial charge in [-0.25, -0.2) is 0 Å². The molecule has 12 heavy (non-hydrogen) atoms. The molecule has 0 amide bonds. The Balaban J connectivity index is 3.75. The molecule has 0 radical (unpaired) electrons. The van der Waals surface area contributed by atoms with Gasteiger partial charge in [-0.2, -0.15) is 0 Å². The van der Waals surface area contributed by atoms with Gasteiger partial charge >= 0.3 is 0 Å². The minimum absolute atomic E-state index is 0.121. The molecule has 0 aliphatic rings. The topological polar surface area (TPSA) is 29.1 Å². The van der Waals surface area contributed by atoms with Crippen LogP contribution in [-0.2, 0) is 4.79 Å². The van der Waals surface area contributed by atoms with Crippen LogP contribution in [0.15, 0.2) is 11.8 Å². The van der Waals surface area contributed by atoms with Gasteiger partial charge in [0.05, 0.1) is 0 Å². The Hall–Kier alpha value is -0.790. The Morgan fingerprint density at radius 3 is 2.50 bits per heavy atom. The lowest BCUT2D eigenvalue weighted by Gasteiger charge is -2.06. The highest BCUT2D eigenvalue weighted by Crippen LogP contribution is 1.96. The van der Waals surface area contributed by atoms with Crippen molar-refractivity contribution in [3.63, 3.8) is 0 Å². The smallest absolute Gasteiger partial charge is 0.154 e. The third kappa shape index (κ3) is 5.96. The summed E-state index contributed by atoms with van der Waals surface area (Å²) in [6, 6.07) is 0. The van der Waals surface area contributed by atoms with E-state index in [4.69, 9.17) is 0 Å². The number of ketones is 1. The van der Waals surface area contributed by atoms with Crippen LogP contribution in [-0.4, -0.2) is 12.3 Å². The number of unbranched alkanes of at least 4 members (excludes halogenated alkanes) is 1. The summed E-state index contributed by atoms with van der Waals surface area (Å²) in [5.41, 5.74) is 1.05. The van der Waals surface area contributed by atoms with Crippen LogP contribution >= 0.6 is 0 Å². The highest BCUT2D eigenvalue weighted by molar-refractivity contribution is 5.87. The van der Waals surface area contributed by atoms with Gasteiger partial charge in [-0.3, -0.25) is 4.79 Å². The van der Waals surface area contributed by atoms with Crippen LogP contribution in [0.25, 0.3) is 0 Å². The molecular formula is C10H19NO. The second kappa shape index (κ2) is 6.89.